The van der Waals surface area contributed by atoms with Crippen molar-refractivity contribution < 1.29 is 9.53 Å². The average molecular weight is 310 g/mol. The van der Waals surface area contributed by atoms with Crippen molar-refractivity contribution in [3.63, 3.8) is 0 Å². The van der Waals surface area contributed by atoms with Crippen molar-refractivity contribution in [1.82, 2.24) is 9.47 Å². The number of hydrogen-bond acceptors (Lipinski definition) is 2. The van der Waals surface area contributed by atoms with Gasteiger partial charge in [0.1, 0.15) is 0 Å². The molecule has 2 aromatic rings. The molecule has 2 aliphatic heterocycles. The van der Waals surface area contributed by atoms with Crippen molar-refractivity contribution in [2.75, 3.05) is 19.8 Å². The molecule has 4 rings (SSSR count). The Labute approximate surface area is 136 Å². The minimum atomic E-state index is 0.00868. The molecule has 0 saturated carbocycles. The van der Waals surface area contributed by atoms with Crippen LogP contribution in [0.3, 0.4) is 0 Å². The number of carbonyl (C=O) groups excluding carboxylic acids is 1. The maximum atomic E-state index is 13.1. The van der Waals surface area contributed by atoms with Gasteiger partial charge in [-0.05, 0) is 30.5 Å². The lowest BCUT2D eigenvalue weighted by Gasteiger charge is -2.39. The fourth-order valence-electron chi connectivity index (χ4n) is 3.78. The van der Waals surface area contributed by atoms with Crippen LogP contribution >= 0.6 is 0 Å². The monoisotopic (exact) mass is 310 g/mol. The molecule has 0 radical (unpaired) electrons. The topological polar surface area (TPSA) is 34.5 Å². The lowest BCUT2D eigenvalue weighted by molar-refractivity contribution is -0.142. The summed E-state index contributed by atoms with van der Waals surface area (Å²) in [4.78, 5) is 15.2. The third-order valence-corrected chi connectivity index (χ3v) is 4.95. The van der Waals surface area contributed by atoms with Crippen LogP contribution in [0.1, 0.15) is 30.1 Å². The van der Waals surface area contributed by atoms with E-state index in [9.17, 15) is 4.79 Å². The Kier molecular flexibility index (Phi) is 3.92. The van der Waals surface area contributed by atoms with Gasteiger partial charge in [0.05, 0.1) is 18.6 Å². The second kappa shape index (κ2) is 6.20. The van der Waals surface area contributed by atoms with Crippen LogP contribution in [0.5, 0.6) is 0 Å². The Morgan fingerprint density at radius 1 is 1.09 bits per heavy atom. The molecule has 0 N–H and O–H groups in total. The first-order valence-corrected chi connectivity index (χ1v) is 8.43. The molecule has 120 valence electrons. The maximum absolute atomic E-state index is 13.1. The van der Waals surface area contributed by atoms with E-state index in [-0.39, 0.29) is 17.9 Å². The summed E-state index contributed by atoms with van der Waals surface area (Å²) < 4.78 is 7.80. The summed E-state index contributed by atoms with van der Waals surface area (Å²) in [6.07, 6.45) is 4.03. The maximum Gasteiger partial charge on any atom is 0.228 e. The van der Waals surface area contributed by atoms with Crippen molar-refractivity contribution in [3.05, 3.63) is 59.9 Å². The lowest BCUT2D eigenvalue weighted by atomic mass is 9.95. The zero-order valence-electron chi connectivity index (χ0n) is 13.2. The summed E-state index contributed by atoms with van der Waals surface area (Å²) in [6, 6.07) is 14.6. The van der Waals surface area contributed by atoms with E-state index in [2.05, 4.69) is 39.9 Å². The Bertz CT molecular complexity index is 674. The molecular weight excluding hydrogens is 288 g/mol. The Hall–Kier alpha value is -2.07. The van der Waals surface area contributed by atoms with Gasteiger partial charge < -0.3 is 14.2 Å². The van der Waals surface area contributed by atoms with Crippen LogP contribution < -0.4 is 0 Å². The van der Waals surface area contributed by atoms with Gasteiger partial charge in [-0.3, -0.25) is 4.79 Å². The second-order valence-corrected chi connectivity index (χ2v) is 6.39. The fourth-order valence-corrected chi connectivity index (χ4v) is 3.78. The first-order chi connectivity index (χ1) is 11.3. The number of benzene rings is 1. The van der Waals surface area contributed by atoms with Crippen LogP contribution in [0.25, 0.3) is 0 Å². The molecule has 1 amide bonds. The van der Waals surface area contributed by atoms with Crippen LogP contribution in [0.2, 0.25) is 0 Å². The van der Waals surface area contributed by atoms with E-state index >= 15 is 0 Å². The minimum Gasteiger partial charge on any atom is -0.381 e. The van der Waals surface area contributed by atoms with Crippen LogP contribution in [0, 0.1) is 5.92 Å². The molecule has 0 unspecified atom stereocenters. The summed E-state index contributed by atoms with van der Waals surface area (Å²) in [5.41, 5.74) is 2.38. The largest absolute Gasteiger partial charge is 0.381 e. The predicted octanol–water partition coefficient (Wildman–Crippen LogP) is 2.85. The van der Waals surface area contributed by atoms with Gasteiger partial charge in [-0.25, -0.2) is 0 Å². The molecular formula is C19H22N2O2. The van der Waals surface area contributed by atoms with Gasteiger partial charge in [0.15, 0.2) is 0 Å². The molecule has 0 aliphatic carbocycles. The molecule has 2 aliphatic rings. The highest BCUT2D eigenvalue weighted by Crippen LogP contribution is 2.34. The number of nitrogens with zero attached hydrogens (tertiary/aromatic N) is 2. The van der Waals surface area contributed by atoms with Crippen molar-refractivity contribution in [1.29, 1.82) is 0 Å². The standard InChI is InChI=1S/C19H22N2O2/c22-19(16-8-5-13-23-14-16)21-12-11-20-10-4-9-17(20)18(21)15-6-2-1-3-7-15/h1-4,6-7,9-10,16,18H,5,8,11-14H2/t16-,18-/m0/s1. The second-order valence-electron chi connectivity index (χ2n) is 6.39. The zero-order valence-corrected chi connectivity index (χ0v) is 13.2. The number of aromatic nitrogens is 1. The van der Waals surface area contributed by atoms with Gasteiger partial charge in [0, 0.05) is 31.6 Å². The highest BCUT2D eigenvalue weighted by atomic mass is 16.5. The number of ether oxygens (including phenoxy) is 1. The smallest absolute Gasteiger partial charge is 0.228 e. The van der Waals surface area contributed by atoms with Gasteiger partial charge in [0.25, 0.3) is 0 Å². The molecule has 23 heavy (non-hydrogen) atoms. The van der Waals surface area contributed by atoms with Crippen molar-refractivity contribution in [3.8, 4) is 0 Å². The molecule has 2 atom stereocenters. The van der Waals surface area contributed by atoms with E-state index in [0.717, 1.165) is 32.5 Å². The molecule has 4 heteroatoms. The Morgan fingerprint density at radius 2 is 1.96 bits per heavy atom. The lowest BCUT2D eigenvalue weighted by Crippen LogP contribution is -2.46. The Balaban J connectivity index is 1.69. The first-order valence-electron chi connectivity index (χ1n) is 8.43. The highest BCUT2D eigenvalue weighted by Gasteiger charge is 2.35. The van der Waals surface area contributed by atoms with E-state index in [0.29, 0.717) is 6.61 Å². The Morgan fingerprint density at radius 3 is 2.74 bits per heavy atom. The van der Waals surface area contributed by atoms with E-state index in [4.69, 9.17) is 4.74 Å². The third kappa shape index (κ3) is 2.68. The van der Waals surface area contributed by atoms with Gasteiger partial charge in [0.2, 0.25) is 5.91 Å². The molecule has 3 heterocycles. The number of carbonyl (C=O) groups is 1. The van der Waals surface area contributed by atoms with Crippen molar-refractivity contribution in [2.45, 2.75) is 25.4 Å². The predicted molar refractivity (Wildman–Crippen MR) is 88.0 cm³/mol. The molecule has 0 bridgehead atoms. The fraction of sp³-hybridized carbons (Fsp3) is 0.421. The van der Waals surface area contributed by atoms with Crippen LogP contribution in [0.4, 0.5) is 0 Å². The summed E-state index contributed by atoms with van der Waals surface area (Å²) in [7, 11) is 0. The van der Waals surface area contributed by atoms with E-state index in [1.54, 1.807) is 0 Å². The molecule has 0 spiro atoms. The van der Waals surface area contributed by atoms with Gasteiger partial charge >= 0.3 is 0 Å². The van der Waals surface area contributed by atoms with Gasteiger partial charge in [-0.1, -0.05) is 30.3 Å². The zero-order chi connectivity index (χ0) is 15.6. The molecule has 1 aromatic heterocycles. The number of hydrogen-bond donors (Lipinski definition) is 0. The van der Waals surface area contributed by atoms with Gasteiger partial charge in [-0.15, -0.1) is 0 Å². The quantitative estimate of drug-likeness (QED) is 0.855. The highest BCUT2D eigenvalue weighted by molar-refractivity contribution is 5.80. The molecule has 1 saturated heterocycles. The molecule has 1 fully saturated rings. The summed E-state index contributed by atoms with van der Waals surface area (Å²) in [5, 5.41) is 0. The van der Waals surface area contributed by atoms with Crippen LogP contribution in [0.15, 0.2) is 48.7 Å². The summed E-state index contributed by atoms with van der Waals surface area (Å²) in [5.74, 6) is 0.252. The van der Waals surface area contributed by atoms with Crippen molar-refractivity contribution in [2.24, 2.45) is 5.92 Å². The normalized spacial score (nSPS) is 24.3. The summed E-state index contributed by atoms with van der Waals surface area (Å²) >= 11 is 0. The molecule has 1 aromatic carbocycles. The number of rotatable bonds is 2. The SMILES string of the molecule is O=C([C@H]1CCCOC1)N1CCn2cccc2[C@@H]1c1ccccc1. The van der Waals surface area contributed by atoms with E-state index in [1.165, 1.54) is 11.3 Å². The molecule has 4 nitrogen and oxygen atoms in total. The minimum absolute atomic E-state index is 0.00868. The van der Waals surface area contributed by atoms with E-state index in [1.807, 2.05) is 18.2 Å². The van der Waals surface area contributed by atoms with Crippen LogP contribution in [-0.2, 0) is 16.1 Å². The summed E-state index contributed by atoms with van der Waals surface area (Å²) in [6.45, 7) is 2.98. The number of amides is 1. The van der Waals surface area contributed by atoms with E-state index < -0.39 is 0 Å². The van der Waals surface area contributed by atoms with Gasteiger partial charge in [-0.2, -0.15) is 0 Å². The number of fused-ring (bicyclic) bond motifs is 1. The first kappa shape index (κ1) is 14.5. The van der Waals surface area contributed by atoms with Crippen LogP contribution in [-0.4, -0.2) is 35.1 Å². The van der Waals surface area contributed by atoms with Crippen molar-refractivity contribution >= 4 is 5.91 Å². The average Bonchev–Trinajstić information content (AvgIpc) is 3.10. The third-order valence-electron chi connectivity index (χ3n) is 4.95.